The Morgan fingerprint density at radius 1 is 1.29 bits per heavy atom. The molecule has 4 aliphatic rings. The van der Waals surface area contributed by atoms with Gasteiger partial charge in [0.2, 0.25) is 5.76 Å². The molecule has 1 spiro atoms. The summed E-state index contributed by atoms with van der Waals surface area (Å²) in [6.45, 7) is 2.82. The third-order valence-corrected chi connectivity index (χ3v) is 6.76. The van der Waals surface area contributed by atoms with Gasteiger partial charge in [-0.05, 0) is 45.2 Å². The van der Waals surface area contributed by atoms with E-state index in [1.54, 1.807) is 6.20 Å². The normalized spacial score (nSPS) is 34.4. The molecule has 1 aromatic heterocycles. The zero-order valence-electron chi connectivity index (χ0n) is 13.9. The van der Waals surface area contributed by atoms with E-state index >= 15 is 0 Å². The van der Waals surface area contributed by atoms with Crippen LogP contribution in [0.15, 0.2) is 10.6 Å². The SMILES string of the molecule is O=C(NC1C2CCOC2C12CCC2)c1cnc(C2CCNCC2)o1. The van der Waals surface area contributed by atoms with Crippen molar-refractivity contribution in [3.8, 4) is 0 Å². The number of amides is 1. The molecule has 0 aromatic carbocycles. The number of nitrogens with one attached hydrogen (secondary N) is 2. The van der Waals surface area contributed by atoms with Crippen LogP contribution in [0, 0.1) is 11.3 Å². The quantitative estimate of drug-likeness (QED) is 0.884. The van der Waals surface area contributed by atoms with Crippen LogP contribution in [0.5, 0.6) is 0 Å². The highest BCUT2D eigenvalue weighted by atomic mass is 16.5. The average molecular weight is 331 g/mol. The van der Waals surface area contributed by atoms with E-state index in [2.05, 4.69) is 15.6 Å². The summed E-state index contributed by atoms with van der Waals surface area (Å²) < 4.78 is 11.7. The fourth-order valence-corrected chi connectivity index (χ4v) is 5.32. The molecule has 3 atom stereocenters. The summed E-state index contributed by atoms with van der Waals surface area (Å²) in [4.78, 5) is 17.0. The molecule has 0 radical (unpaired) electrons. The maximum absolute atomic E-state index is 12.7. The number of fused-ring (bicyclic) bond motifs is 2. The molecule has 2 saturated heterocycles. The minimum absolute atomic E-state index is 0.107. The van der Waals surface area contributed by atoms with E-state index in [1.807, 2.05) is 0 Å². The standard InChI is InChI=1S/C18H25N3O3/c22-16(13-10-20-17(24-13)11-2-7-19-8-3-11)21-14-12-4-9-23-15(12)18(14)5-1-6-18/h10-12,14-15,19H,1-9H2,(H,21,22). The lowest BCUT2D eigenvalue weighted by atomic mass is 9.46. The van der Waals surface area contributed by atoms with Crippen molar-refractivity contribution in [1.82, 2.24) is 15.6 Å². The third kappa shape index (κ3) is 2.09. The lowest BCUT2D eigenvalue weighted by Gasteiger charge is -2.63. The molecule has 1 amide bonds. The molecule has 2 aliphatic carbocycles. The summed E-state index contributed by atoms with van der Waals surface area (Å²) in [6.07, 6.45) is 8.68. The van der Waals surface area contributed by atoms with Crippen LogP contribution in [0.4, 0.5) is 0 Å². The van der Waals surface area contributed by atoms with Crippen LogP contribution in [0.2, 0.25) is 0 Å². The zero-order chi connectivity index (χ0) is 16.1. The van der Waals surface area contributed by atoms with Crippen molar-refractivity contribution >= 4 is 5.91 Å². The van der Waals surface area contributed by atoms with Gasteiger partial charge in [0, 0.05) is 29.9 Å². The van der Waals surface area contributed by atoms with E-state index < -0.39 is 0 Å². The molecule has 5 rings (SSSR count). The van der Waals surface area contributed by atoms with E-state index in [0.29, 0.717) is 23.7 Å². The van der Waals surface area contributed by atoms with Crippen molar-refractivity contribution in [3.63, 3.8) is 0 Å². The van der Waals surface area contributed by atoms with Crippen molar-refractivity contribution in [2.24, 2.45) is 11.3 Å². The van der Waals surface area contributed by atoms with Gasteiger partial charge in [0.1, 0.15) is 0 Å². The van der Waals surface area contributed by atoms with E-state index in [9.17, 15) is 4.79 Å². The summed E-state index contributed by atoms with van der Waals surface area (Å²) in [5.41, 5.74) is 0.203. The van der Waals surface area contributed by atoms with Gasteiger partial charge in [0.15, 0.2) is 5.89 Å². The van der Waals surface area contributed by atoms with Crippen LogP contribution in [0.3, 0.4) is 0 Å². The second-order valence-corrected chi connectivity index (χ2v) is 7.87. The van der Waals surface area contributed by atoms with Crippen molar-refractivity contribution in [2.45, 2.75) is 56.6 Å². The lowest BCUT2D eigenvalue weighted by molar-refractivity contribution is -0.172. The second kappa shape index (κ2) is 5.56. The Morgan fingerprint density at radius 3 is 2.88 bits per heavy atom. The number of carbonyl (C=O) groups is 1. The van der Waals surface area contributed by atoms with Gasteiger partial charge < -0.3 is 19.8 Å². The molecule has 130 valence electrons. The molecule has 1 aromatic rings. The third-order valence-electron chi connectivity index (χ3n) is 6.76. The van der Waals surface area contributed by atoms with Gasteiger partial charge in [-0.25, -0.2) is 4.98 Å². The minimum Gasteiger partial charge on any atom is -0.435 e. The summed E-state index contributed by atoms with van der Waals surface area (Å²) in [5.74, 6) is 1.79. The van der Waals surface area contributed by atoms with Crippen molar-refractivity contribution in [1.29, 1.82) is 0 Å². The van der Waals surface area contributed by atoms with E-state index in [0.717, 1.165) is 44.8 Å². The number of carbonyl (C=O) groups excluding carboxylic acids is 1. The maximum atomic E-state index is 12.7. The van der Waals surface area contributed by atoms with E-state index in [-0.39, 0.29) is 17.4 Å². The largest absolute Gasteiger partial charge is 0.435 e. The van der Waals surface area contributed by atoms with Gasteiger partial charge >= 0.3 is 0 Å². The predicted molar refractivity (Wildman–Crippen MR) is 86.7 cm³/mol. The lowest BCUT2D eigenvalue weighted by Crippen LogP contribution is -2.71. The van der Waals surface area contributed by atoms with Gasteiger partial charge in [-0.2, -0.15) is 0 Å². The second-order valence-electron chi connectivity index (χ2n) is 7.87. The molecule has 2 aliphatic heterocycles. The van der Waals surface area contributed by atoms with Crippen LogP contribution in [0.1, 0.15) is 60.9 Å². The molecule has 6 heteroatoms. The molecule has 24 heavy (non-hydrogen) atoms. The Balaban J connectivity index is 1.28. The summed E-state index contributed by atoms with van der Waals surface area (Å²) in [5, 5.41) is 6.59. The van der Waals surface area contributed by atoms with E-state index in [4.69, 9.17) is 9.15 Å². The average Bonchev–Trinajstić information content (AvgIpc) is 3.20. The first-order valence-electron chi connectivity index (χ1n) is 9.37. The Labute approximate surface area is 141 Å². The maximum Gasteiger partial charge on any atom is 0.288 e. The molecule has 2 saturated carbocycles. The first kappa shape index (κ1) is 14.9. The molecule has 2 N–H and O–H groups in total. The smallest absolute Gasteiger partial charge is 0.288 e. The highest BCUT2D eigenvalue weighted by Gasteiger charge is 2.67. The van der Waals surface area contributed by atoms with Crippen molar-refractivity contribution < 1.29 is 13.9 Å². The molecule has 6 nitrogen and oxygen atoms in total. The Morgan fingerprint density at radius 2 is 2.12 bits per heavy atom. The first-order valence-corrected chi connectivity index (χ1v) is 9.37. The molecule has 4 fully saturated rings. The molecule has 3 heterocycles. The summed E-state index contributed by atoms with van der Waals surface area (Å²) in [6, 6.07) is 0.249. The van der Waals surface area contributed by atoms with Gasteiger partial charge in [0.05, 0.1) is 12.3 Å². The molecule has 0 bridgehead atoms. The van der Waals surface area contributed by atoms with Crippen molar-refractivity contribution in [3.05, 3.63) is 17.8 Å². The number of nitrogens with zero attached hydrogens (tertiary/aromatic N) is 1. The van der Waals surface area contributed by atoms with Crippen LogP contribution in [-0.4, -0.2) is 42.7 Å². The van der Waals surface area contributed by atoms with Crippen LogP contribution in [-0.2, 0) is 4.74 Å². The number of hydrogen-bond acceptors (Lipinski definition) is 5. The zero-order valence-corrected chi connectivity index (χ0v) is 13.9. The molecular weight excluding hydrogens is 306 g/mol. The summed E-state index contributed by atoms with van der Waals surface area (Å²) in [7, 11) is 0. The van der Waals surface area contributed by atoms with Crippen LogP contribution in [0.25, 0.3) is 0 Å². The Bertz CT molecular complexity index is 633. The van der Waals surface area contributed by atoms with Crippen LogP contribution >= 0.6 is 0 Å². The Kier molecular flexibility index (Phi) is 3.45. The molecular formula is C18H25N3O3. The fourth-order valence-electron chi connectivity index (χ4n) is 5.32. The molecule has 3 unspecified atom stereocenters. The number of ether oxygens (including phenoxy) is 1. The number of piperidine rings is 1. The van der Waals surface area contributed by atoms with Gasteiger partial charge in [-0.15, -0.1) is 0 Å². The first-order chi connectivity index (χ1) is 11.8. The van der Waals surface area contributed by atoms with Crippen molar-refractivity contribution in [2.75, 3.05) is 19.7 Å². The monoisotopic (exact) mass is 331 g/mol. The van der Waals surface area contributed by atoms with Crippen LogP contribution < -0.4 is 10.6 Å². The van der Waals surface area contributed by atoms with Gasteiger partial charge in [-0.1, -0.05) is 6.42 Å². The number of hydrogen-bond donors (Lipinski definition) is 2. The Hall–Kier alpha value is -1.40. The van der Waals surface area contributed by atoms with Gasteiger partial charge in [0.25, 0.3) is 5.91 Å². The summed E-state index contributed by atoms with van der Waals surface area (Å²) >= 11 is 0. The van der Waals surface area contributed by atoms with E-state index in [1.165, 1.54) is 19.3 Å². The topological polar surface area (TPSA) is 76.4 Å². The number of aromatic nitrogens is 1. The predicted octanol–water partition coefficient (Wildman–Crippen LogP) is 1.83. The minimum atomic E-state index is -0.107. The fraction of sp³-hybridized carbons (Fsp3) is 0.778. The highest BCUT2D eigenvalue weighted by molar-refractivity contribution is 5.91. The number of rotatable bonds is 3. The van der Waals surface area contributed by atoms with Gasteiger partial charge in [-0.3, -0.25) is 4.79 Å². The number of oxazole rings is 1. The highest BCUT2D eigenvalue weighted by Crippen LogP contribution is 2.62.